The molecule has 0 saturated carbocycles. The van der Waals surface area contributed by atoms with Gasteiger partial charge in [-0.15, -0.1) is 0 Å². The monoisotopic (exact) mass is 376 g/mol. The molecule has 1 aliphatic heterocycles. The molecular weight excluding hydrogens is 359 g/mol. The van der Waals surface area contributed by atoms with Gasteiger partial charge in [-0.1, -0.05) is 12.1 Å². The van der Waals surface area contributed by atoms with E-state index in [4.69, 9.17) is 4.42 Å². The maximum atomic E-state index is 13.2. The molecular formula is C18H17FN2O4S. The lowest BCUT2D eigenvalue weighted by atomic mass is 10.1. The molecule has 1 saturated heterocycles. The highest BCUT2D eigenvalue weighted by Gasteiger charge is 2.36. The average molecular weight is 376 g/mol. The van der Waals surface area contributed by atoms with Crippen molar-refractivity contribution in [1.29, 1.82) is 0 Å². The van der Waals surface area contributed by atoms with E-state index >= 15 is 0 Å². The van der Waals surface area contributed by atoms with Crippen LogP contribution in [0.5, 0.6) is 0 Å². The molecule has 0 radical (unpaired) electrons. The second kappa shape index (κ2) is 6.07. The van der Waals surface area contributed by atoms with Gasteiger partial charge in [0.2, 0.25) is 10.0 Å². The highest BCUT2D eigenvalue weighted by Crippen LogP contribution is 2.37. The van der Waals surface area contributed by atoms with E-state index in [1.807, 2.05) is 0 Å². The number of nitrogens with zero attached hydrogens (tertiary/aromatic N) is 2. The van der Waals surface area contributed by atoms with Gasteiger partial charge in [0.15, 0.2) is 5.58 Å². The minimum Gasteiger partial charge on any atom is -0.408 e. The molecule has 0 N–H and O–H groups in total. The standard InChI is InChI=1S/C18H17FN2O4S/c1-20-16-9-8-14(11-17(16)25-18(20)22)26(23,24)21-10-2-3-15(21)12-4-6-13(19)7-5-12/h4-9,11,15H,2-3,10H2,1H3. The summed E-state index contributed by atoms with van der Waals surface area (Å²) in [5.41, 5.74) is 1.53. The van der Waals surface area contributed by atoms with Gasteiger partial charge in [-0.25, -0.2) is 17.6 Å². The van der Waals surface area contributed by atoms with Crippen LogP contribution < -0.4 is 5.76 Å². The number of halogens is 1. The first-order valence-electron chi connectivity index (χ1n) is 8.25. The number of hydrogen-bond acceptors (Lipinski definition) is 4. The molecule has 4 rings (SSSR count). The topological polar surface area (TPSA) is 72.5 Å². The molecule has 2 heterocycles. The Balaban J connectivity index is 1.75. The number of rotatable bonds is 3. The van der Waals surface area contributed by atoms with Crippen molar-refractivity contribution in [3.05, 3.63) is 64.4 Å². The molecule has 0 amide bonds. The lowest BCUT2D eigenvalue weighted by molar-refractivity contribution is 0.396. The number of aryl methyl sites for hydroxylation is 1. The molecule has 136 valence electrons. The van der Waals surface area contributed by atoms with E-state index in [9.17, 15) is 17.6 Å². The van der Waals surface area contributed by atoms with Crippen molar-refractivity contribution in [2.45, 2.75) is 23.8 Å². The zero-order valence-corrected chi connectivity index (χ0v) is 14.9. The molecule has 0 spiro atoms. The summed E-state index contributed by atoms with van der Waals surface area (Å²) >= 11 is 0. The number of oxazole rings is 1. The number of benzene rings is 2. The molecule has 2 aromatic carbocycles. The third kappa shape index (κ3) is 2.65. The summed E-state index contributed by atoms with van der Waals surface area (Å²) in [5.74, 6) is -0.898. The average Bonchev–Trinajstić information content (AvgIpc) is 3.21. The first-order chi connectivity index (χ1) is 12.4. The van der Waals surface area contributed by atoms with E-state index < -0.39 is 15.8 Å². The number of hydrogen-bond donors (Lipinski definition) is 0. The largest absolute Gasteiger partial charge is 0.419 e. The summed E-state index contributed by atoms with van der Waals surface area (Å²) in [6, 6.07) is 10.0. The molecule has 1 unspecified atom stereocenters. The Kier molecular flexibility index (Phi) is 3.96. The van der Waals surface area contributed by atoms with Crippen molar-refractivity contribution >= 4 is 21.1 Å². The summed E-state index contributed by atoms with van der Waals surface area (Å²) in [6.07, 6.45) is 1.40. The molecule has 1 aliphatic rings. The SMILES string of the molecule is Cn1c(=O)oc2cc(S(=O)(=O)N3CCCC3c3ccc(F)cc3)ccc21. The lowest BCUT2D eigenvalue weighted by Gasteiger charge is -2.24. The van der Waals surface area contributed by atoms with Crippen LogP contribution in [0.2, 0.25) is 0 Å². The Hall–Kier alpha value is -2.45. The van der Waals surface area contributed by atoms with Crippen LogP contribution in [-0.4, -0.2) is 23.8 Å². The molecule has 1 fully saturated rings. The van der Waals surface area contributed by atoms with Gasteiger partial charge in [0.25, 0.3) is 0 Å². The van der Waals surface area contributed by atoms with Gasteiger partial charge in [0.1, 0.15) is 5.82 Å². The van der Waals surface area contributed by atoms with Gasteiger partial charge in [-0.05, 0) is 42.7 Å². The van der Waals surface area contributed by atoms with Crippen LogP contribution in [0.4, 0.5) is 4.39 Å². The Morgan fingerprint density at radius 3 is 2.62 bits per heavy atom. The van der Waals surface area contributed by atoms with E-state index in [0.717, 1.165) is 12.0 Å². The Labute approximate surface area is 149 Å². The van der Waals surface area contributed by atoms with Crippen LogP contribution in [-0.2, 0) is 17.1 Å². The van der Waals surface area contributed by atoms with E-state index in [2.05, 4.69) is 0 Å². The highest BCUT2D eigenvalue weighted by atomic mass is 32.2. The normalized spacial score (nSPS) is 18.6. The van der Waals surface area contributed by atoms with E-state index in [1.165, 1.54) is 33.1 Å². The highest BCUT2D eigenvalue weighted by molar-refractivity contribution is 7.89. The third-order valence-electron chi connectivity index (χ3n) is 4.83. The molecule has 26 heavy (non-hydrogen) atoms. The van der Waals surface area contributed by atoms with E-state index in [1.54, 1.807) is 25.2 Å². The van der Waals surface area contributed by atoms with Crippen LogP contribution in [0, 0.1) is 5.82 Å². The van der Waals surface area contributed by atoms with E-state index in [0.29, 0.717) is 18.5 Å². The van der Waals surface area contributed by atoms with Gasteiger partial charge in [-0.3, -0.25) is 4.57 Å². The van der Waals surface area contributed by atoms with Crippen LogP contribution in [0.25, 0.3) is 11.1 Å². The van der Waals surface area contributed by atoms with Crippen LogP contribution >= 0.6 is 0 Å². The first kappa shape index (κ1) is 17.0. The predicted octanol–water partition coefficient (Wildman–Crippen LogP) is 2.80. The summed E-state index contributed by atoms with van der Waals surface area (Å²) in [4.78, 5) is 11.7. The molecule has 3 aromatic rings. The van der Waals surface area contributed by atoms with Crippen LogP contribution in [0.1, 0.15) is 24.4 Å². The Morgan fingerprint density at radius 1 is 1.15 bits per heavy atom. The maximum absolute atomic E-state index is 13.2. The Morgan fingerprint density at radius 2 is 1.88 bits per heavy atom. The summed E-state index contributed by atoms with van der Waals surface area (Å²) < 4.78 is 47.3. The fourth-order valence-corrected chi connectivity index (χ4v) is 5.15. The third-order valence-corrected chi connectivity index (χ3v) is 6.73. The van der Waals surface area contributed by atoms with Gasteiger partial charge in [0.05, 0.1) is 16.5 Å². The van der Waals surface area contributed by atoms with E-state index in [-0.39, 0.29) is 22.3 Å². The molecule has 1 atom stereocenters. The molecule has 0 bridgehead atoms. The van der Waals surface area contributed by atoms with Crippen LogP contribution in [0.3, 0.4) is 0 Å². The van der Waals surface area contributed by atoms with Crippen molar-refractivity contribution in [2.75, 3.05) is 6.54 Å². The summed E-state index contributed by atoms with van der Waals surface area (Å²) in [7, 11) is -2.21. The second-order valence-corrected chi connectivity index (χ2v) is 8.27. The second-order valence-electron chi connectivity index (χ2n) is 6.38. The van der Waals surface area contributed by atoms with Crippen molar-refractivity contribution in [1.82, 2.24) is 8.87 Å². The number of aromatic nitrogens is 1. The zero-order valence-electron chi connectivity index (χ0n) is 14.1. The minimum atomic E-state index is -3.77. The minimum absolute atomic E-state index is 0.0772. The Bertz CT molecular complexity index is 1130. The summed E-state index contributed by atoms with van der Waals surface area (Å²) in [6.45, 7) is 0.390. The smallest absolute Gasteiger partial charge is 0.408 e. The van der Waals surface area contributed by atoms with Crippen molar-refractivity contribution in [2.24, 2.45) is 7.05 Å². The van der Waals surface area contributed by atoms with Crippen molar-refractivity contribution in [3.8, 4) is 0 Å². The fourth-order valence-electron chi connectivity index (χ4n) is 3.46. The van der Waals surface area contributed by atoms with Crippen molar-refractivity contribution < 1.29 is 17.2 Å². The zero-order chi connectivity index (χ0) is 18.5. The number of fused-ring (bicyclic) bond motifs is 1. The van der Waals surface area contributed by atoms with Gasteiger partial charge in [0, 0.05) is 19.7 Å². The predicted molar refractivity (Wildman–Crippen MR) is 93.7 cm³/mol. The number of sulfonamides is 1. The quantitative estimate of drug-likeness (QED) is 0.705. The first-order valence-corrected chi connectivity index (χ1v) is 9.69. The lowest BCUT2D eigenvalue weighted by Crippen LogP contribution is -2.30. The molecule has 0 aliphatic carbocycles. The summed E-state index contributed by atoms with van der Waals surface area (Å²) in [5, 5.41) is 0. The fraction of sp³-hybridized carbons (Fsp3) is 0.278. The van der Waals surface area contributed by atoms with Gasteiger partial charge < -0.3 is 4.42 Å². The van der Waals surface area contributed by atoms with Crippen LogP contribution in [0.15, 0.2) is 56.6 Å². The van der Waals surface area contributed by atoms with Gasteiger partial charge in [-0.2, -0.15) is 4.31 Å². The maximum Gasteiger partial charge on any atom is 0.419 e. The molecule has 8 heteroatoms. The molecule has 1 aromatic heterocycles. The molecule has 6 nitrogen and oxygen atoms in total. The van der Waals surface area contributed by atoms with Crippen molar-refractivity contribution in [3.63, 3.8) is 0 Å². The van der Waals surface area contributed by atoms with Gasteiger partial charge >= 0.3 is 5.76 Å².